The molecule has 34 heavy (non-hydrogen) atoms. The summed E-state index contributed by atoms with van der Waals surface area (Å²) < 4.78 is 12.3. The summed E-state index contributed by atoms with van der Waals surface area (Å²) in [7, 11) is 3.15. The molecule has 1 N–H and O–H groups in total. The van der Waals surface area contributed by atoms with Crippen LogP contribution < -0.4 is 14.8 Å². The third kappa shape index (κ3) is 4.33. The van der Waals surface area contributed by atoms with Gasteiger partial charge >= 0.3 is 0 Å². The normalized spacial score (nSPS) is 10.9. The number of benzene rings is 2. The van der Waals surface area contributed by atoms with Gasteiger partial charge in [-0.3, -0.25) is 4.79 Å². The maximum Gasteiger partial charge on any atom is 0.228 e. The first-order valence-corrected chi connectivity index (χ1v) is 11.4. The summed E-state index contributed by atoms with van der Waals surface area (Å²) in [5.41, 5.74) is 3.93. The van der Waals surface area contributed by atoms with Gasteiger partial charge in [0.2, 0.25) is 5.91 Å². The van der Waals surface area contributed by atoms with E-state index in [4.69, 9.17) is 14.6 Å². The molecule has 0 aliphatic carbocycles. The van der Waals surface area contributed by atoms with Crippen LogP contribution in [-0.2, 0) is 11.2 Å². The summed E-state index contributed by atoms with van der Waals surface area (Å²) >= 11 is 1.59. The average molecular weight is 472 g/mol. The number of carbonyl (C=O) groups is 1. The van der Waals surface area contributed by atoms with Gasteiger partial charge in [0.1, 0.15) is 0 Å². The highest BCUT2D eigenvalue weighted by Crippen LogP contribution is 2.28. The van der Waals surface area contributed by atoms with E-state index in [-0.39, 0.29) is 12.3 Å². The number of thiophene rings is 1. The van der Waals surface area contributed by atoms with Crippen molar-refractivity contribution in [3.8, 4) is 33.5 Å². The molecule has 170 valence electrons. The lowest BCUT2D eigenvalue weighted by Gasteiger charge is -2.10. The van der Waals surface area contributed by atoms with Gasteiger partial charge in [0.25, 0.3) is 0 Å². The van der Waals surface area contributed by atoms with E-state index in [0.717, 1.165) is 21.7 Å². The van der Waals surface area contributed by atoms with Crippen LogP contribution in [0.5, 0.6) is 11.5 Å². The summed E-state index contributed by atoms with van der Waals surface area (Å²) in [6.07, 6.45) is 0.222. The molecule has 0 saturated carbocycles. The van der Waals surface area contributed by atoms with E-state index < -0.39 is 0 Å². The van der Waals surface area contributed by atoms with Crippen LogP contribution in [0.25, 0.3) is 27.6 Å². The van der Waals surface area contributed by atoms with Crippen molar-refractivity contribution in [2.45, 2.75) is 6.42 Å². The second kappa shape index (κ2) is 9.32. The summed E-state index contributed by atoms with van der Waals surface area (Å²) in [6.45, 7) is 0. The van der Waals surface area contributed by atoms with Gasteiger partial charge in [-0.15, -0.1) is 21.5 Å². The molecule has 0 spiro atoms. The Morgan fingerprint density at radius 3 is 2.53 bits per heavy atom. The van der Waals surface area contributed by atoms with E-state index in [1.54, 1.807) is 42.2 Å². The quantitative estimate of drug-likeness (QED) is 0.369. The zero-order valence-electron chi connectivity index (χ0n) is 18.6. The molecule has 0 bridgehead atoms. The third-order valence-corrected chi connectivity index (χ3v) is 6.15. The number of methoxy groups -OCH3 is 2. The van der Waals surface area contributed by atoms with E-state index in [2.05, 4.69) is 15.5 Å². The number of amides is 1. The molecule has 2 aromatic carbocycles. The second-order valence-electron chi connectivity index (χ2n) is 7.48. The van der Waals surface area contributed by atoms with Crippen molar-refractivity contribution in [3.05, 3.63) is 77.7 Å². The van der Waals surface area contributed by atoms with Crippen molar-refractivity contribution in [1.82, 2.24) is 19.8 Å². The SMILES string of the molecule is COc1ccc(CC(=O)Nc2ccc(-c3ccc4nnc(-c5cccs5)n4n3)cc2)cc1OC. The second-order valence-corrected chi connectivity index (χ2v) is 8.43. The largest absolute Gasteiger partial charge is 0.493 e. The van der Waals surface area contributed by atoms with Crippen LogP contribution in [0.1, 0.15) is 5.56 Å². The predicted octanol–water partition coefficient (Wildman–Crippen LogP) is 4.72. The number of anilines is 1. The first kappa shape index (κ1) is 21.6. The maximum atomic E-state index is 12.5. The number of ether oxygens (including phenoxy) is 2. The molecular formula is C25H21N5O3S. The van der Waals surface area contributed by atoms with Crippen molar-refractivity contribution in [2.24, 2.45) is 0 Å². The lowest BCUT2D eigenvalue weighted by Crippen LogP contribution is -2.14. The Hall–Kier alpha value is -4.24. The summed E-state index contributed by atoms with van der Waals surface area (Å²) in [5.74, 6) is 1.82. The number of aromatic nitrogens is 4. The van der Waals surface area contributed by atoms with Gasteiger partial charge in [-0.05, 0) is 53.4 Å². The van der Waals surface area contributed by atoms with Crippen molar-refractivity contribution in [2.75, 3.05) is 19.5 Å². The first-order valence-electron chi connectivity index (χ1n) is 10.5. The van der Waals surface area contributed by atoms with E-state index in [1.807, 2.05) is 60.0 Å². The molecule has 3 heterocycles. The lowest BCUT2D eigenvalue weighted by atomic mass is 10.1. The fourth-order valence-corrected chi connectivity index (χ4v) is 4.30. The monoisotopic (exact) mass is 471 g/mol. The zero-order chi connectivity index (χ0) is 23.5. The van der Waals surface area contributed by atoms with Crippen molar-refractivity contribution >= 4 is 28.6 Å². The van der Waals surface area contributed by atoms with Crippen LogP contribution in [0, 0.1) is 0 Å². The number of nitrogens with zero attached hydrogens (tertiary/aromatic N) is 4. The Morgan fingerprint density at radius 1 is 0.971 bits per heavy atom. The molecule has 1 amide bonds. The Balaban J connectivity index is 1.30. The molecule has 0 atom stereocenters. The molecule has 3 aromatic heterocycles. The summed E-state index contributed by atoms with van der Waals surface area (Å²) in [4.78, 5) is 13.6. The number of hydrogen-bond donors (Lipinski definition) is 1. The van der Waals surface area contributed by atoms with Gasteiger partial charge in [0.05, 0.1) is 31.2 Å². The van der Waals surface area contributed by atoms with Crippen LogP contribution >= 0.6 is 11.3 Å². The topological polar surface area (TPSA) is 90.6 Å². The van der Waals surface area contributed by atoms with Crippen LogP contribution in [0.2, 0.25) is 0 Å². The molecule has 0 unspecified atom stereocenters. The van der Waals surface area contributed by atoms with Gasteiger partial charge in [-0.1, -0.05) is 24.3 Å². The van der Waals surface area contributed by atoms with Crippen LogP contribution in [0.4, 0.5) is 5.69 Å². The molecule has 5 aromatic rings. The molecule has 0 aliphatic heterocycles. The van der Waals surface area contributed by atoms with Crippen molar-refractivity contribution in [3.63, 3.8) is 0 Å². The van der Waals surface area contributed by atoms with Crippen LogP contribution in [0.3, 0.4) is 0 Å². The molecule has 0 fully saturated rings. The Bertz CT molecular complexity index is 1450. The van der Waals surface area contributed by atoms with Crippen LogP contribution in [-0.4, -0.2) is 39.9 Å². The van der Waals surface area contributed by atoms with E-state index >= 15 is 0 Å². The summed E-state index contributed by atoms with van der Waals surface area (Å²) in [6, 6.07) is 20.8. The molecule has 5 rings (SSSR count). The van der Waals surface area contributed by atoms with Crippen molar-refractivity contribution in [1.29, 1.82) is 0 Å². The number of nitrogens with one attached hydrogen (secondary N) is 1. The minimum absolute atomic E-state index is 0.121. The van der Waals surface area contributed by atoms with Gasteiger partial charge in [-0.25, -0.2) is 0 Å². The molecule has 0 radical (unpaired) electrons. The Kier molecular flexibility index (Phi) is 5.92. The summed E-state index contributed by atoms with van der Waals surface area (Å²) in [5, 5.41) is 18.1. The number of hydrogen-bond acceptors (Lipinski definition) is 7. The minimum Gasteiger partial charge on any atom is -0.493 e. The van der Waals surface area contributed by atoms with Crippen LogP contribution in [0.15, 0.2) is 72.1 Å². The average Bonchev–Trinajstić information content (AvgIpc) is 3.54. The van der Waals surface area contributed by atoms with Gasteiger partial charge in [0, 0.05) is 11.3 Å². The molecular weight excluding hydrogens is 450 g/mol. The highest BCUT2D eigenvalue weighted by atomic mass is 32.1. The zero-order valence-corrected chi connectivity index (χ0v) is 19.4. The predicted molar refractivity (Wildman–Crippen MR) is 131 cm³/mol. The van der Waals surface area contributed by atoms with Crippen molar-refractivity contribution < 1.29 is 14.3 Å². The number of rotatable bonds is 7. The molecule has 9 heteroatoms. The van der Waals surface area contributed by atoms with E-state index in [1.165, 1.54) is 0 Å². The van der Waals surface area contributed by atoms with E-state index in [9.17, 15) is 4.79 Å². The smallest absolute Gasteiger partial charge is 0.228 e. The number of fused-ring (bicyclic) bond motifs is 1. The minimum atomic E-state index is -0.121. The van der Waals surface area contributed by atoms with Gasteiger partial charge < -0.3 is 14.8 Å². The molecule has 0 saturated heterocycles. The highest BCUT2D eigenvalue weighted by Gasteiger charge is 2.12. The van der Waals surface area contributed by atoms with Gasteiger partial charge in [0.15, 0.2) is 23.0 Å². The maximum absolute atomic E-state index is 12.5. The highest BCUT2D eigenvalue weighted by molar-refractivity contribution is 7.13. The van der Waals surface area contributed by atoms with Gasteiger partial charge in [-0.2, -0.15) is 9.61 Å². The number of carbonyl (C=O) groups excluding carboxylic acids is 1. The third-order valence-electron chi connectivity index (χ3n) is 5.28. The Labute approximate surface area is 199 Å². The molecule has 8 nitrogen and oxygen atoms in total. The standard InChI is InChI=1S/C25H21N5O3S/c1-32-20-11-5-16(14-21(20)33-2)15-24(31)26-18-8-6-17(7-9-18)19-10-12-23-27-28-25(30(23)29-19)22-4-3-13-34-22/h3-14H,15H2,1-2H3,(H,26,31). The fraction of sp³-hybridized carbons (Fsp3) is 0.120. The fourth-order valence-electron chi connectivity index (χ4n) is 3.61. The first-order chi connectivity index (χ1) is 16.6. The van der Waals surface area contributed by atoms with E-state index in [0.29, 0.717) is 28.7 Å². The molecule has 0 aliphatic rings. The lowest BCUT2D eigenvalue weighted by molar-refractivity contribution is -0.115. The Morgan fingerprint density at radius 2 is 1.79 bits per heavy atom.